The molecule has 1 atom stereocenters. The summed E-state index contributed by atoms with van der Waals surface area (Å²) in [5.41, 5.74) is 1.06. The Morgan fingerprint density at radius 1 is 1.33 bits per heavy atom. The average molecular weight is 253 g/mol. The number of aliphatic hydroxyl groups excluding tert-OH is 1. The lowest BCUT2D eigenvalue weighted by Crippen LogP contribution is -2.15. The number of hydrogen-bond donors (Lipinski definition) is 2. The maximum atomic E-state index is 9.27. The molecule has 102 valence electrons. The van der Waals surface area contributed by atoms with Crippen LogP contribution in [0.4, 0.5) is 0 Å². The lowest BCUT2D eigenvalue weighted by Gasteiger charge is -2.14. The predicted molar refractivity (Wildman–Crippen MR) is 72.2 cm³/mol. The predicted octanol–water partition coefficient (Wildman–Crippen LogP) is 1.95. The van der Waals surface area contributed by atoms with Crippen LogP contribution < -0.4 is 14.8 Å². The van der Waals surface area contributed by atoms with Crippen LogP contribution in [0.25, 0.3) is 0 Å². The second kappa shape index (κ2) is 7.95. The molecule has 0 fully saturated rings. The lowest BCUT2D eigenvalue weighted by atomic mass is 10.2. The molecule has 4 heteroatoms. The molecular formula is C14H23NO3. The highest BCUT2D eigenvalue weighted by Gasteiger charge is 2.07. The highest BCUT2D eigenvalue weighted by molar-refractivity contribution is 5.40. The first-order valence-corrected chi connectivity index (χ1v) is 6.38. The summed E-state index contributed by atoms with van der Waals surface area (Å²) in [6.45, 7) is 5.48. The molecule has 1 aromatic rings. The molecule has 0 heterocycles. The summed E-state index contributed by atoms with van der Waals surface area (Å²) in [6.07, 6.45) is 0.495. The van der Waals surface area contributed by atoms with E-state index in [1.165, 1.54) is 0 Å². The van der Waals surface area contributed by atoms with Crippen LogP contribution in [0.1, 0.15) is 25.8 Å². The molecule has 18 heavy (non-hydrogen) atoms. The van der Waals surface area contributed by atoms with Gasteiger partial charge in [-0.05, 0) is 26.5 Å². The Morgan fingerprint density at radius 3 is 2.72 bits per heavy atom. The molecule has 1 rings (SSSR count). The number of benzene rings is 1. The van der Waals surface area contributed by atoms with E-state index in [1.807, 2.05) is 25.2 Å². The maximum Gasteiger partial charge on any atom is 0.127 e. The molecule has 0 saturated heterocycles. The van der Waals surface area contributed by atoms with Crippen molar-refractivity contribution in [1.29, 1.82) is 0 Å². The molecule has 0 bridgehead atoms. The van der Waals surface area contributed by atoms with Crippen LogP contribution in [-0.2, 0) is 6.54 Å². The van der Waals surface area contributed by atoms with Gasteiger partial charge in [-0.3, -0.25) is 0 Å². The van der Waals surface area contributed by atoms with Crippen LogP contribution in [0, 0.1) is 0 Å². The van der Waals surface area contributed by atoms with E-state index in [1.54, 1.807) is 6.92 Å². The number of hydrogen-bond acceptors (Lipinski definition) is 4. The Kier molecular flexibility index (Phi) is 6.54. The van der Waals surface area contributed by atoms with Crippen molar-refractivity contribution in [2.24, 2.45) is 0 Å². The van der Waals surface area contributed by atoms with Crippen LogP contribution in [-0.4, -0.2) is 31.5 Å². The van der Waals surface area contributed by atoms with Crippen LogP contribution >= 0.6 is 0 Å². The summed E-state index contributed by atoms with van der Waals surface area (Å²) >= 11 is 0. The minimum atomic E-state index is -0.479. The van der Waals surface area contributed by atoms with E-state index in [0.29, 0.717) is 6.61 Å². The lowest BCUT2D eigenvalue weighted by molar-refractivity contribution is 0.122. The second-order valence-electron chi connectivity index (χ2n) is 4.31. The van der Waals surface area contributed by atoms with Crippen molar-refractivity contribution in [3.05, 3.63) is 23.8 Å². The van der Waals surface area contributed by atoms with Crippen LogP contribution in [0.2, 0.25) is 0 Å². The number of ether oxygens (including phenoxy) is 2. The van der Waals surface area contributed by atoms with Crippen molar-refractivity contribution < 1.29 is 14.6 Å². The fraction of sp³-hybridized carbons (Fsp3) is 0.571. The largest absolute Gasteiger partial charge is 0.493 e. The van der Waals surface area contributed by atoms with Crippen LogP contribution in [0.5, 0.6) is 11.5 Å². The summed E-state index contributed by atoms with van der Waals surface area (Å²) in [4.78, 5) is 0. The van der Waals surface area contributed by atoms with E-state index >= 15 is 0 Å². The van der Waals surface area contributed by atoms with Gasteiger partial charge in [-0.15, -0.1) is 0 Å². The molecule has 0 amide bonds. The maximum absolute atomic E-state index is 9.27. The summed E-state index contributed by atoms with van der Waals surface area (Å²) < 4.78 is 11.2. The molecule has 0 aliphatic rings. The normalized spacial score (nSPS) is 12.2. The Labute approximate surface area is 109 Å². The smallest absolute Gasteiger partial charge is 0.127 e. The molecule has 0 spiro atoms. The first kappa shape index (κ1) is 14.8. The zero-order chi connectivity index (χ0) is 13.4. The van der Waals surface area contributed by atoms with Gasteiger partial charge >= 0.3 is 0 Å². The molecule has 1 unspecified atom stereocenters. The molecule has 0 radical (unpaired) electrons. The van der Waals surface area contributed by atoms with Gasteiger partial charge in [0, 0.05) is 18.2 Å². The molecular weight excluding hydrogens is 230 g/mol. The van der Waals surface area contributed by atoms with Crippen molar-refractivity contribution in [2.45, 2.75) is 32.9 Å². The third-order valence-electron chi connectivity index (χ3n) is 2.36. The van der Waals surface area contributed by atoms with Gasteiger partial charge in [-0.2, -0.15) is 0 Å². The highest BCUT2D eigenvalue weighted by atomic mass is 16.5. The molecule has 1 aromatic carbocycles. The van der Waals surface area contributed by atoms with Gasteiger partial charge < -0.3 is 19.9 Å². The first-order valence-electron chi connectivity index (χ1n) is 6.38. The van der Waals surface area contributed by atoms with Gasteiger partial charge in [0.1, 0.15) is 18.1 Å². The number of rotatable bonds is 8. The highest BCUT2D eigenvalue weighted by Crippen LogP contribution is 2.25. The second-order valence-corrected chi connectivity index (χ2v) is 4.31. The third kappa shape index (κ3) is 4.94. The van der Waals surface area contributed by atoms with E-state index in [9.17, 15) is 5.11 Å². The Balaban J connectivity index is 2.78. The van der Waals surface area contributed by atoms with Crippen molar-refractivity contribution in [1.82, 2.24) is 5.32 Å². The topological polar surface area (TPSA) is 50.7 Å². The SMILES string of the molecule is CCCOc1ccc(CNC)c(OCC(C)O)c1. The van der Waals surface area contributed by atoms with Gasteiger partial charge in [0.2, 0.25) is 0 Å². The van der Waals surface area contributed by atoms with Crippen LogP contribution in [0.15, 0.2) is 18.2 Å². The van der Waals surface area contributed by atoms with E-state index in [4.69, 9.17) is 9.47 Å². The van der Waals surface area contributed by atoms with E-state index in [0.717, 1.165) is 30.0 Å². The Bertz CT molecular complexity index is 353. The molecule has 2 N–H and O–H groups in total. The number of nitrogens with one attached hydrogen (secondary N) is 1. The monoisotopic (exact) mass is 253 g/mol. The van der Waals surface area contributed by atoms with Gasteiger partial charge in [0.25, 0.3) is 0 Å². The quantitative estimate of drug-likeness (QED) is 0.743. The van der Waals surface area contributed by atoms with E-state index < -0.39 is 6.10 Å². The zero-order valence-corrected chi connectivity index (χ0v) is 11.4. The van der Waals surface area contributed by atoms with E-state index in [-0.39, 0.29) is 6.61 Å². The molecule has 0 aliphatic carbocycles. The fourth-order valence-electron chi connectivity index (χ4n) is 1.53. The molecule has 0 aliphatic heterocycles. The van der Waals surface area contributed by atoms with E-state index in [2.05, 4.69) is 12.2 Å². The molecule has 0 aromatic heterocycles. The Hall–Kier alpha value is -1.26. The minimum absolute atomic E-state index is 0.286. The fourth-order valence-corrected chi connectivity index (χ4v) is 1.53. The third-order valence-corrected chi connectivity index (χ3v) is 2.36. The summed E-state index contributed by atoms with van der Waals surface area (Å²) in [5.74, 6) is 1.57. The van der Waals surface area contributed by atoms with Crippen molar-refractivity contribution >= 4 is 0 Å². The van der Waals surface area contributed by atoms with Crippen molar-refractivity contribution in [2.75, 3.05) is 20.3 Å². The standard InChI is InChI=1S/C14H23NO3/c1-4-7-17-13-6-5-12(9-15-3)14(8-13)18-10-11(2)16/h5-6,8,11,15-16H,4,7,9-10H2,1-3H3. The zero-order valence-electron chi connectivity index (χ0n) is 11.4. The summed E-state index contributed by atoms with van der Waals surface area (Å²) in [6, 6.07) is 5.81. The minimum Gasteiger partial charge on any atom is -0.493 e. The van der Waals surface area contributed by atoms with Gasteiger partial charge in [-0.1, -0.05) is 13.0 Å². The van der Waals surface area contributed by atoms with Crippen molar-refractivity contribution in [3.8, 4) is 11.5 Å². The van der Waals surface area contributed by atoms with Crippen molar-refractivity contribution in [3.63, 3.8) is 0 Å². The van der Waals surface area contributed by atoms with Gasteiger partial charge in [-0.25, -0.2) is 0 Å². The summed E-state index contributed by atoms with van der Waals surface area (Å²) in [7, 11) is 1.89. The number of aliphatic hydroxyl groups is 1. The van der Waals surface area contributed by atoms with Crippen LogP contribution in [0.3, 0.4) is 0 Å². The summed E-state index contributed by atoms with van der Waals surface area (Å²) in [5, 5.41) is 12.4. The van der Waals surface area contributed by atoms with Gasteiger partial charge in [0.15, 0.2) is 0 Å². The van der Waals surface area contributed by atoms with Gasteiger partial charge in [0.05, 0.1) is 12.7 Å². The molecule has 4 nitrogen and oxygen atoms in total. The average Bonchev–Trinajstić information content (AvgIpc) is 2.36. The first-order chi connectivity index (χ1) is 8.67. The Morgan fingerprint density at radius 2 is 2.11 bits per heavy atom. The molecule has 0 saturated carbocycles.